The van der Waals surface area contributed by atoms with Crippen LogP contribution in [-0.4, -0.2) is 39.2 Å². The Balaban J connectivity index is 2.29. The second-order valence-corrected chi connectivity index (χ2v) is 6.15. The van der Waals surface area contributed by atoms with Crippen LogP contribution in [0.4, 0.5) is 0 Å². The van der Waals surface area contributed by atoms with Crippen LogP contribution in [0.5, 0.6) is 0 Å². The average Bonchev–Trinajstić information content (AvgIpc) is 2.87. The Kier molecular flexibility index (Phi) is 4.31. The number of hydrogen-bond acceptors (Lipinski definition) is 3. The van der Waals surface area contributed by atoms with Crippen molar-refractivity contribution in [2.45, 2.75) is 57.7 Å². The van der Waals surface area contributed by atoms with Crippen molar-refractivity contribution in [2.75, 3.05) is 14.1 Å². The number of rotatable bonds is 4. The monoisotopic (exact) mass is 265 g/mol. The molecule has 0 bridgehead atoms. The molecule has 19 heavy (non-hydrogen) atoms. The van der Waals surface area contributed by atoms with Crippen molar-refractivity contribution in [3.05, 3.63) is 18.2 Å². The summed E-state index contributed by atoms with van der Waals surface area (Å²) >= 11 is 0. The van der Waals surface area contributed by atoms with E-state index in [4.69, 9.17) is 0 Å². The molecule has 1 N–H and O–H groups in total. The maximum atomic E-state index is 10.9. The second kappa shape index (κ2) is 5.63. The molecule has 1 aliphatic carbocycles. The minimum atomic E-state index is -0.509. The Morgan fingerprint density at radius 3 is 2.63 bits per heavy atom. The molecule has 108 valence electrons. The molecule has 1 heterocycles. The lowest BCUT2D eigenvalue weighted by molar-refractivity contribution is -0.0465. The molecular weight excluding hydrogens is 238 g/mol. The number of aryl methyl sites for hydroxylation is 1. The fourth-order valence-electron chi connectivity index (χ4n) is 3.30. The van der Waals surface area contributed by atoms with Gasteiger partial charge in [-0.15, -0.1) is 0 Å². The van der Waals surface area contributed by atoms with Crippen molar-refractivity contribution in [3.63, 3.8) is 0 Å². The van der Waals surface area contributed by atoms with Gasteiger partial charge in [0.1, 0.15) is 11.9 Å². The molecule has 2 rings (SSSR count). The van der Waals surface area contributed by atoms with Crippen LogP contribution in [0, 0.1) is 5.92 Å². The summed E-state index contributed by atoms with van der Waals surface area (Å²) in [6.07, 6.45) is 7.68. The van der Waals surface area contributed by atoms with Gasteiger partial charge in [0.2, 0.25) is 0 Å². The van der Waals surface area contributed by atoms with Crippen LogP contribution in [0.2, 0.25) is 0 Å². The molecule has 1 aliphatic rings. The normalized spacial score (nSPS) is 29.7. The van der Waals surface area contributed by atoms with Gasteiger partial charge in [-0.2, -0.15) is 0 Å². The first kappa shape index (κ1) is 14.5. The standard InChI is InChI=1S/C15H27N3O/c1-5-18-11-10-16-14(18)13(19)15(17(3)4)8-6-12(2)7-9-15/h10-13,19H,5-9H2,1-4H3. The van der Waals surface area contributed by atoms with Gasteiger partial charge in [0.15, 0.2) is 0 Å². The molecule has 1 unspecified atom stereocenters. The van der Waals surface area contributed by atoms with Crippen LogP contribution >= 0.6 is 0 Å². The first-order chi connectivity index (χ1) is 9.01. The van der Waals surface area contributed by atoms with Gasteiger partial charge in [-0.3, -0.25) is 0 Å². The minimum absolute atomic E-state index is 0.162. The molecule has 4 nitrogen and oxygen atoms in total. The van der Waals surface area contributed by atoms with E-state index < -0.39 is 6.10 Å². The van der Waals surface area contributed by atoms with Gasteiger partial charge in [0.25, 0.3) is 0 Å². The van der Waals surface area contributed by atoms with Crippen molar-refractivity contribution in [3.8, 4) is 0 Å². The predicted octanol–water partition coefficient (Wildman–Crippen LogP) is 2.45. The van der Waals surface area contributed by atoms with Gasteiger partial charge in [-0.25, -0.2) is 4.98 Å². The van der Waals surface area contributed by atoms with E-state index in [1.807, 2.05) is 10.8 Å². The molecule has 1 aromatic rings. The highest BCUT2D eigenvalue weighted by atomic mass is 16.3. The summed E-state index contributed by atoms with van der Waals surface area (Å²) in [5.74, 6) is 1.58. The van der Waals surface area contributed by atoms with Crippen molar-refractivity contribution >= 4 is 0 Å². The zero-order valence-electron chi connectivity index (χ0n) is 12.6. The SMILES string of the molecule is CCn1ccnc1C(O)C1(N(C)C)CCC(C)CC1. The van der Waals surface area contributed by atoms with Crippen LogP contribution in [0.15, 0.2) is 12.4 Å². The Bertz CT molecular complexity index is 405. The van der Waals surface area contributed by atoms with Gasteiger partial charge < -0.3 is 14.6 Å². The number of hydrogen-bond donors (Lipinski definition) is 1. The molecule has 0 aromatic carbocycles. The van der Waals surface area contributed by atoms with Crippen LogP contribution < -0.4 is 0 Å². The molecule has 0 aliphatic heterocycles. The van der Waals surface area contributed by atoms with E-state index in [1.54, 1.807) is 6.20 Å². The van der Waals surface area contributed by atoms with Gasteiger partial charge in [-0.05, 0) is 52.6 Å². The Morgan fingerprint density at radius 1 is 1.47 bits per heavy atom. The van der Waals surface area contributed by atoms with E-state index in [2.05, 4.69) is 37.8 Å². The van der Waals surface area contributed by atoms with Crippen molar-refractivity contribution in [1.29, 1.82) is 0 Å². The van der Waals surface area contributed by atoms with Gasteiger partial charge in [0.05, 0.1) is 5.54 Å². The minimum Gasteiger partial charge on any atom is -0.383 e. The maximum Gasteiger partial charge on any atom is 0.139 e. The summed E-state index contributed by atoms with van der Waals surface area (Å²) in [6.45, 7) is 5.24. The molecular formula is C15H27N3O. The number of aliphatic hydroxyl groups excluding tert-OH is 1. The summed E-state index contributed by atoms with van der Waals surface area (Å²) in [6, 6.07) is 0. The van der Waals surface area contributed by atoms with E-state index in [9.17, 15) is 5.11 Å². The highest BCUT2D eigenvalue weighted by molar-refractivity contribution is 5.09. The number of nitrogens with zero attached hydrogens (tertiary/aromatic N) is 3. The van der Waals surface area contributed by atoms with E-state index in [1.165, 1.54) is 12.8 Å². The van der Waals surface area contributed by atoms with Crippen LogP contribution in [0.3, 0.4) is 0 Å². The second-order valence-electron chi connectivity index (χ2n) is 6.15. The molecule has 0 saturated heterocycles. The maximum absolute atomic E-state index is 10.9. The summed E-state index contributed by atoms with van der Waals surface area (Å²) in [7, 11) is 4.16. The smallest absolute Gasteiger partial charge is 0.139 e. The van der Waals surface area contributed by atoms with E-state index in [-0.39, 0.29) is 5.54 Å². The van der Waals surface area contributed by atoms with Crippen LogP contribution in [0.1, 0.15) is 51.5 Å². The topological polar surface area (TPSA) is 41.3 Å². The van der Waals surface area contributed by atoms with E-state index in [0.29, 0.717) is 0 Å². The summed E-state index contributed by atoms with van der Waals surface area (Å²) in [5.41, 5.74) is -0.162. The molecule has 1 fully saturated rings. The number of imidazole rings is 1. The first-order valence-electron chi connectivity index (χ1n) is 7.37. The van der Waals surface area contributed by atoms with Gasteiger partial charge >= 0.3 is 0 Å². The molecule has 1 saturated carbocycles. The predicted molar refractivity (Wildman–Crippen MR) is 76.9 cm³/mol. The zero-order chi connectivity index (χ0) is 14.0. The summed E-state index contributed by atoms with van der Waals surface area (Å²) in [4.78, 5) is 6.60. The first-order valence-corrected chi connectivity index (χ1v) is 7.37. The Morgan fingerprint density at radius 2 is 2.11 bits per heavy atom. The average molecular weight is 265 g/mol. The van der Waals surface area contributed by atoms with Crippen LogP contribution in [-0.2, 0) is 6.54 Å². The highest BCUT2D eigenvalue weighted by Gasteiger charge is 2.44. The van der Waals surface area contributed by atoms with Crippen molar-refractivity contribution < 1.29 is 5.11 Å². The lowest BCUT2D eigenvalue weighted by atomic mass is 9.73. The zero-order valence-corrected chi connectivity index (χ0v) is 12.6. The highest BCUT2D eigenvalue weighted by Crippen LogP contribution is 2.43. The number of aliphatic hydroxyl groups is 1. The molecule has 0 amide bonds. The fourth-order valence-corrected chi connectivity index (χ4v) is 3.30. The van der Waals surface area contributed by atoms with Crippen molar-refractivity contribution in [1.82, 2.24) is 14.5 Å². The summed E-state index contributed by atoms with van der Waals surface area (Å²) < 4.78 is 2.05. The fraction of sp³-hybridized carbons (Fsp3) is 0.800. The third-order valence-corrected chi connectivity index (χ3v) is 4.87. The largest absolute Gasteiger partial charge is 0.383 e. The molecule has 0 radical (unpaired) electrons. The van der Waals surface area contributed by atoms with Gasteiger partial charge in [0, 0.05) is 18.9 Å². The van der Waals surface area contributed by atoms with E-state index >= 15 is 0 Å². The third-order valence-electron chi connectivity index (χ3n) is 4.87. The lowest BCUT2D eigenvalue weighted by Gasteiger charge is -2.47. The van der Waals surface area contributed by atoms with Crippen molar-refractivity contribution in [2.24, 2.45) is 5.92 Å². The van der Waals surface area contributed by atoms with Gasteiger partial charge in [-0.1, -0.05) is 6.92 Å². The molecule has 1 atom stereocenters. The molecule has 1 aromatic heterocycles. The molecule has 4 heteroatoms. The Labute approximate surface area is 116 Å². The number of aromatic nitrogens is 2. The number of likely N-dealkylation sites (N-methyl/N-ethyl adjacent to an activating group) is 1. The Hall–Kier alpha value is -0.870. The summed E-state index contributed by atoms with van der Waals surface area (Å²) in [5, 5.41) is 10.9. The third kappa shape index (κ3) is 2.56. The van der Waals surface area contributed by atoms with E-state index in [0.717, 1.165) is 31.1 Å². The lowest BCUT2D eigenvalue weighted by Crippen LogP contribution is -2.52. The quantitative estimate of drug-likeness (QED) is 0.909. The van der Waals surface area contributed by atoms with Crippen LogP contribution in [0.25, 0.3) is 0 Å². The molecule has 0 spiro atoms.